The maximum Gasteiger partial charge on any atom is 0.311 e. The monoisotopic (exact) mass is 421 g/mol. The molecule has 1 amide bonds. The second-order valence-electron chi connectivity index (χ2n) is 7.44. The number of hydrogen-bond donors (Lipinski definition) is 1. The molecular weight excluding hydrogens is 398 g/mol. The van der Waals surface area contributed by atoms with Gasteiger partial charge in [-0.1, -0.05) is 18.6 Å². The highest BCUT2D eigenvalue weighted by molar-refractivity contribution is 6.08. The molecule has 1 aliphatic rings. The van der Waals surface area contributed by atoms with Crippen molar-refractivity contribution in [2.75, 3.05) is 25.5 Å². The molecule has 1 N–H and O–H groups in total. The zero-order valence-electron chi connectivity index (χ0n) is 17.2. The van der Waals surface area contributed by atoms with Crippen LogP contribution in [0.2, 0.25) is 0 Å². The summed E-state index contributed by atoms with van der Waals surface area (Å²) in [5.41, 5.74) is 0.613. The first-order valence-electron chi connectivity index (χ1n) is 10.2. The number of nitro groups is 1. The van der Waals surface area contributed by atoms with E-state index in [0.717, 1.165) is 31.4 Å². The van der Waals surface area contributed by atoms with E-state index in [1.54, 1.807) is 0 Å². The van der Waals surface area contributed by atoms with Gasteiger partial charge in [-0.15, -0.1) is 0 Å². The summed E-state index contributed by atoms with van der Waals surface area (Å²) in [7, 11) is 1.35. The molecule has 9 nitrogen and oxygen atoms in total. The fourth-order valence-corrected chi connectivity index (χ4v) is 3.76. The third-order valence-corrected chi connectivity index (χ3v) is 5.33. The molecule has 160 valence electrons. The molecule has 1 aliphatic heterocycles. The lowest BCUT2D eigenvalue weighted by molar-refractivity contribution is -0.385. The molecule has 1 aromatic heterocycles. The quantitative estimate of drug-likeness (QED) is 0.476. The molecule has 0 radical (unpaired) electrons. The highest BCUT2D eigenvalue weighted by atomic mass is 16.6. The number of anilines is 1. The summed E-state index contributed by atoms with van der Waals surface area (Å²) in [6.07, 6.45) is 3.56. The van der Waals surface area contributed by atoms with Crippen molar-refractivity contribution in [2.45, 2.75) is 25.8 Å². The Hall–Kier alpha value is -3.59. The average molecular weight is 421 g/mol. The van der Waals surface area contributed by atoms with Crippen molar-refractivity contribution in [3.63, 3.8) is 0 Å². The SMILES string of the molecule is COc1ccc(C(=O)Nc2nc(CN3CCCCC3)nc3ccccc23)cc1[N+](=O)[O-]. The molecule has 1 saturated heterocycles. The number of amides is 1. The van der Waals surface area contributed by atoms with E-state index >= 15 is 0 Å². The number of nitrogens with one attached hydrogen (secondary N) is 1. The van der Waals surface area contributed by atoms with E-state index in [9.17, 15) is 14.9 Å². The van der Waals surface area contributed by atoms with Crippen LogP contribution in [0.25, 0.3) is 10.9 Å². The van der Waals surface area contributed by atoms with Crippen LogP contribution in [0.1, 0.15) is 35.4 Å². The average Bonchev–Trinajstić information content (AvgIpc) is 2.79. The second kappa shape index (κ2) is 9.05. The Morgan fingerprint density at radius 3 is 2.68 bits per heavy atom. The second-order valence-corrected chi connectivity index (χ2v) is 7.44. The molecule has 0 bridgehead atoms. The molecule has 0 atom stereocenters. The number of hydrogen-bond acceptors (Lipinski definition) is 7. The van der Waals surface area contributed by atoms with Crippen LogP contribution in [0.3, 0.4) is 0 Å². The lowest BCUT2D eigenvalue weighted by atomic mass is 10.1. The van der Waals surface area contributed by atoms with Gasteiger partial charge in [0, 0.05) is 17.0 Å². The number of nitro benzene ring substituents is 1. The van der Waals surface area contributed by atoms with Crippen molar-refractivity contribution >= 4 is 28.3 Å². The Morgan fingerprint density at radius 1 is 1.16 bits per heavy atom. The van der Waals surface area contributed by atoms with Crippen molar-refractivity contribution in [2.24, 2.45) is 0 Å². The predicted octanol–water partition coefficient (Wildman–Crippen LogP) is 3.78. The third kappa shape index (κ3) is 4.61. The Labute approximate surface area is 179 Å². The summed E-state index contributed by atoms with van der Waals surface area (Å²) in [5.74, 6) is 0.633. The van der Waals surface area contributed by atoms with E-state index in [0.29, 0.717) is 23.6 Å². The standard InChI is InChI=1S/C22H23N5O4/c1-31-19-10-9-15(13-18(19)27(29)30)22(28)25-21-16-7-3-4-8-17(16)23-20(24-21)14-26-11-5-2-6-12-26/h3-4,7-10,13H,2,5-6,11-12,14H2,1H3,(H,23,24,25,28). The van der Waals surface area contributed by atoms with Crippen LogP contribution in [0.4, 0.5) is 11.5 Å². The van der Waals surface area contributed by atoms with Gasteiger partial charge >= 0.3 is 5.69 Å². The van der Waals surface area contributed by atoms with Crippen LogP contribution < -0.4 is 10.1 Å². The lowest BCUT2D eigenvalue weighted by Gasteiger charge is -2.25. The van der Waals surface area contributed by atoms with Crippen molar-refractivity contribution in [1.29, 1.82) is 0 Å². The zero-order chi connectivity index (χ0) is 21.8. The van der Waals surface area contributed by atoms with Gasteiger partial charge in [-0.3, -0.25) is 19.8 Å². The summed E-state index contributed by atoms with van der Waals surface area (Å²) in [6, 6.07) is 11.6. The van der Waals surface area contributed by atoms with Gasteiger partial charge in [-0.25, -0.2) is 9.97 Å². The number of benzene rings is 2. The van der Waals surface area contributed by atoms with Gasteiger partial charge in [0.2, 0.25) is 0 Å². The smallest absolute Gasteiger partial charge is 0.311 e. The minimum atomic E-state index is -0.577. The number of aromatic nitrogens is 2. The maximum atomic E-state index is 12.9. The van der Waals surface area contributed by atoms with E-state index < -0.39 is 10.8 Å². The maximum absolute atomic E-state index is 12.9. The number of methoxy groups -OCH3 is 1. The van der Waals surface area contributed by atoms with Gasteiger partial charge in [-0.05, 0) is 50.2 Å². The van der Waals surface area contributed by atoms with Gasteiger partial charge in [0.1, 0.15) is 11.6 Å². The van der Waals surface area contributed by atoms with Crippen LogP contribution in [0.15, 0.2) is 42.5 Å². The summed E-state index contributed by atoms with van der Waals surface area (Å²) in [5, 5.41) is 14.8. The largest absolute Gasteiger partial charge is 0.490 e. The van der Waals surface area contributed by atoms with Crippen LogP contribution in [0, 0.1) is 10.1 Å². The number of nitrogens with zero attached hydrogens (tertiary/aromatic N) is 4. The molecule has 2 heterocycles. The number of piperidine rings is 1. The zero-order valence-corrected chi connectivity index (χ0v) is 17.2. The van der Waals surface area contributed by atoms with Crippen molar-refractivity contribution in [3.8, 4) is 5.75 Å². The molecule has 0 unspecified atom stereocenters. The molecule has 0 saturated carbocycles. The van der Waals surface area contributed by atoms with Crippen LogP contribution in [0.5, 0.6) is 5.75 Å². The lowest BCUT2D eigenvalue weighted by Crippen LogP contribution is -2.30. The Bertz CT molecular complexity index is 1130. The molecule has 1 fully saturated rings. The first-order chi connectivity index (χ1) is 15.0. The van der Waals surface area contributed by atoms with Crippen molar-refractivity contribution in [1.82, 2.24) is 14.9 Å². The Kier molecular flexibility index (Phi) is 6.03. The van der Waals surface area contributed by atoms with Gasteiger partial charge in [0.15, 0.2) is 5.75 Å². The summed E-state index contributed by atoms with van der Waals surface area (Å²) >= 11 is 0. The number of likely N-dealkylation sites (tertiary alicyclic amines) is 1. The number of carbonyl (C=O) groups is 1. The molecule has 3 aromatic rings. The van der Waals surface area contributed by atoms with Gasteiger partial charge in [0.05, 0.1) is 24.1 Å². The normalized spacial score (nSPS) is 14.4. The Morgan fingerprint density at radius 2 is 1.94 bits per heavy atom. The molecule has 31 heavy (non-hydrogen) atoms. The summed E-state index contributed by atoms with van der Waals surface area (Å²) in [6.45, 7) is 2.63. The van der Waals surface area contributed by atoms with E-state index in [2.05, 4.69) is 20.2 Å². The van der Waals surface area contributed by atoms with E-state index in [4.69, 9.17) is 4.74 Å². The van der Waals surface area contributed by atoms with Gasteiger partial charge in [-0.2, -0.15) is 0 Å². The van der Waals surface area contributed by atoms with Crippen molar-refractivity contribution in [3.05, 3.63) is 64.0 Å². The number of ether oxygens (including phenoxy) is 1. The minimum absolute atomic E-state index is 0.0952. The van der Waals surface area contributed by atoms with E-state index in [1.165, 1.54) is 31.7 Å². The fraction of sp³-hybridized carbons (Fsp3) is 0.318. The van der Waals surface area contributed by atoms with E-state index in [1.807, 2.05) is 24.3 Å². The van der Waals surface area contributed by atoms with Crippen molar-refractivity contribution < 1.29 is 14.5 Å². The third-order valence-electron chi connectivity index (χ3n) is 5.33. The first kappa shape index (κ1) is 20.7. The topological polar surface area (TPSA) is 110 Å². The molecule has 0 spiro atoms. The van der Waals surface area contributed by atoms with Crippen LogP contribution in [-0.4, -0.2) is 45.9 Å². The van der Waals surface area contributed by atoms with E-state index in [-0.39, 0.29) is 17.0 Å². The molecule has 2 aromatic carbocycles. The number of para-hydroxylation sites is 1. The number of fused-ring (bicyclic) bond motifs is 1. The van der Waals surface area contributed by atoms with Gasteiger partial charge < -0.3 is 10.1 Å². The highest BCUT2D eigenvalue weighted by Crippen LogP contribution is 2.28. The molecular formula is C22H23N5O4. The predicted molar refractivity (Wildman–Crippen MR) is 116 cm³/mol. The number of rotatable bonds is 6. The fourth-order valence-electron chi connectivity index (χ4n) is 3.76. The first-order valence-corrected chi connectivity index (χ1v) is 10.2. The number of carbonyl (C=O) groups excluding carboxylic acids is 1. The highest BCUT2D eigenvalue weighted by Gasteiger charge is 2.20. The minimum Gasteiger partial charge on any atom is -0.490 e. The summed E-state index contributed by atoms with van der Waals surface area (Å²) in [4.78, 5) is 35.2. The molecule has 9 heteroatoms. The Balaban J connectivity index is 1.64. The molecule has 4 rings (SSSR count). The molecule has 0 aliphatic carbocycles. The summed E-state index contributed by atoms with van der Waals surface area (Å²) < 4.78 is 5.01. The van der Waals surface area contributed by atoms with Crippen LogP contribution in [-0.2, 0) is 6.54 Å². The van der Waals surface area contributed by atoms with Crippen LogP contribution >= 0.6 is 0 Å². The van der Waals surface area contributed by atoms with Gasteiger partial charge in [0.25, 0.3) is 5.91 Å².